The summed E-state index contributed by atoms with van der Waals surface area (Å²) in [7, 11) is 0. The van der Waals surface area contributed by atoms with Crippen molar-refractivity contribution in [1.29, 1.82) is 0 Å². The Bertz CT molecular complexity index is 1100. The van der Waals surface area contributed by atoms with Gasteiger partial charge in [0.25, 0.3) is 0 Å². The minimum Gasteiger partial charge on any atom is -0.326 e. The normalized spacial score (nSPS) is 17.5. The smallest absolute Gasteiger partial charge is 0.308 e. The van der Waals surface area contributed by atoms with Gasteiger partial charge in [-0.1, -0.05) is 23.5 Å². The van der Waals surface area contributed by atoms with Crippen LogP contribution in [0, 0.1) is 11.7 Å². The SMILES string of the molecule is CC(C)n1c(=O)sc2cc(NC(=O)[C@@H]3CCCN(Cc4ccc(F)cc4)C3)ccc21. The zero-order valence-electron chi connectivity index (χ0n) is 17.2. The maximum absolute atomic E-state index is 13.1. The molecule has 1 amide bonds. The average Bonchev–Trinajstić information content (AvgIpc) is 3.05. The molecule has 1 aliphatic rings. The maximum atomic E-state index is 13.1. The van der Waals surface area contributed by atoms with Crippen LogP contribution in [-0.2, 0) is 11.3 Å². The van der Waals surface area contributed by atoms with Crippen LogP contribution in [-0.4, -0.2) is 28.5 Å². The highest BCUT2D eigenvalue weighted by Gasteiger charge is 2.26. The van der Waals surface area contributed by atoms with Gasteiger partial charge in [0.05, 0.1) is 16.1 Å². The van der Waals surface area contributed by atoms with E-state index in [4.69, 9.17) is 0 Å². The molecule has 1 fully saturated rings. The minimum atomic E-state index is -0.236. The lowest BCUT2D eigenvalue weighted by Crippen LogP contribution is -2.40. The number of carbonyl (C=O) groups excluding carboxylic acids is 1. The fourth-order valence-corrected chi connectivity index (χ4v) is 5.16. The molecule has 3 aromatic rings. The summed E-state index contributed by atoms with van der Waals surface area (Å²) in [6.45, 7) is 6.31. The Kier molecular flexibility index (Phi) is 6.01. The van der Waals surface area contributed by atoms with E-state index in [1.165, 1.54) is 23.5 Å². The molecule has 1 saturated heterocycles. The second-order valence-electron chi connectivity index (χ2n) is 8.20. The Morgan fingerprint density at radius 3 is 2.73 bits per heavy atom. The molecule has 1 atom stereocenters. The van der Waals surface area contributed by atoms with Crippen molar-refractivity contribution >= 4 is 33.1 Å². The van der Waals surface area contributed by atoms with Crippen molar-refractivity contribution in [3.05, 3.63) is 63.5 Å². The number of nitrogens with one attached hydrogen (secondary N) is 1. The summed E-state index contributed by atoms with van der Waals surface area (Å²) in [6, 6.07) is 12.3. The number of fused-ring (bicyclic) bond motifs is 1. The predicted octanol–water partition coefficient (Wildman–Crippen LogP) is 4.63. The van der Waals surface area contributed by atoms with Gasteiger partial charge in [0.1, 0.15) is 5.82 Å². The number of benzene rings is 2. The Balaban J connectivity index is 1.43. The number of nitrogens with zero attached hydrogens (tertiary/aromatic N) is 2. The van der Waals surface area contributed by atoms with Crippen LogP contribution in [0.15, 0.2) is 47.3 Å². The second-order valence-corrected chi connectivity index (χ2v) is 9.20. The van der Waals surface area contributed by atoms with Crippen LogP contribution in [0.25, 0.3) is 10.2 Å². The Labute approximate surface area is 179 Å². The van der Waals surface area contributed by atoms with Crippen LogP contribution in [0.1, 0.15) is 38.3 Å². The first kappa shape index (κ1) is 20.8. The van der Waals surface area contributed by atoms with Crippen LogP contribution >= 0.6 is 11.3 Å². The zero-order valence-corrected chi connectivity index (χ0v) is 18.0. The lowest BCUT2D eigenvalue weighted by atomic mass is 9.96. The van der Waals surface area contributed by atoms with Gasteiger partial charge in [-0.15, -0.1) is 0 Å². The van der Waals surface area contributed by atoms with Gasteiger partial charge in [0.15, 0.2) is 0 Å². The van der Waals surface area contributed by atoms with Gasteiger partial charge in [-0.3, -0.25) is 19.1 Å². The third kappa shape index (κ3) is 4.47. The number of piperidine rings is 1. The van der Waals surface area contributed by atoms with Crippen molar-refractivity contribution in [2.45, 2.75) is 39.3 Å². The molecule has 30 heavy (non-hydrogen) atoms. The molecular formula is C23H26FN3O2S. The number of likely N-dealkylation sites (tertiary alicyclic amines) is 1. The Hall–Kier alpha value is -2.51. The van der Waals surface area contributed by atoms with Crippen molar-refractivity contribution < 1.29 is 9.18 Å². The monoisotopic (exact) mass is 427 g/mol. The van der Waals surface area contributed by atoms with E-state index in [9.17, 15) is 14.0 Å². The highest BCUT2D eigenvalue weighted by Crippen LogP contribution is 2.26. The summed E-state index contributed by atoms with van der Waals surface area (Å²) in [5.41, 5.74) is 2.67. The molecule has 2 aromatic carbocycles. The first-order valence-corrected chi connectivity index (χ1v) is 11.1. The standard InChI is InChI=1S/C23H26FN3O2S/c1-15(2)27-20-10-9-19(12-21(20)30-23(27)29)25-22(28)17-4-3-11-26(14-17)13-16-5-7-18(24)8-6-16/h5-10,12,15,17H,3-4,11,13-14H2,1-2H3,(H,25,28)/t17-/m1/s1. The predicted molar refractivity (Wildman–Crippen MR) is 120 cm³/mol. The largest absolute Gasteiger partial charge is 0.326 e. The molecule has 7 heteroatoms. The first-order valence-electron chi connectivity index (χ1n) is 10.3. The summed E-state index contributed by atoms with van der Waals surface area (Å²) in [4.78, 5) is 27.4. The van der Waals surface area contributed by atoms with E-state index in [1.54, 1.807) is 16.7 Å². The third-order valence-electron chi connectivity index (χ3n) is 5.59. The molecule has 5 nitrogen and oxygen atoms in total. The van der Waals surface area contributed by atoms with E-state index in [1.807, 2.05) is 32.0 Å². The first-order chi connectivity index (χ1) is 14.4. The summed E-state index contributed by atoms with van der Waals surface area (Å²) < 4.78 is 15.8. The molecule has 0 saturated carbocycles. The van der Waals surface area contributed by atoms with E-state index < -0.39 is 0 Å². The summed E-state index contributed by atoms with van der Waals surface area (Å²) in [6.07, 6.45) is 1.81. The molecular weight excluding hydrogens is 401 g/mol. The summed E-state index contributed by atoms with van der Waals surface area (Å²) in [5, 5.41) is 3.03. The van der Waals surface area contributed by atoms with E-state index in [0.29, 0.717) is 13.1 Å². The van der Waals surface area contributed by atoms with E-state index in [2.05, 4.69) is 10.2 Å². The van der Waals surface area contributed by atoms with Crippen LogP contribution in [0.3, 0.4) is 0 Å². The van der Waals surface area contributed by atoms with Gasteiger partial charge in [-0.05, 0) is 69.1 Å². The lowest BCUT2D eigenvalue weighted by molar-refractivity contribution is -0.121. The topological polar surface area (TPSA) is 54.3 Å². The van der Waals surface area contributed by atoms with E-state index in [0.717, 1.165) is 40.9 Å². The summed E-state index contributed by atoms with van der Waals surface area (Å²) in [5.74, 6) is -0.317. The molecule has 1 aromatic heterocycles. The molecule has 1 N–H and O–H groups in total. The number of hydrogen-bond acceptors (Lipinski definition) is 4. The molecule has 0 spiro atoms. The Morgan fingerprint density at radius 2 is 2.00 bits per heavy atom. The minimum absolute atomic E-state index is 0.00814. The van der Waals surface area contributed by atoms with Gasteiger partial charge in [0.2, 0.25) is 5.91 Å². The van der Waals surface area contributed by atoms with Crippen molar-refractivity contribution in [1.82, 2.24) is 9.47 Å². The number of carbonyl (C=O) groups is 1. The van der Waals surface area contributed by atoms with Gasteiger partial charge in [-0.25, -0.2) is 4.39 Å². The second kappa shape index (κ2) is 8.70. The summed E-state index contributed by atoms with van der Waals surface area (Å²) >= 11 is 1.21. The third-order valence-corrected chi connectivity index (χ3v) is 6.51. The number of amides is 1. The number of rotatable bonds is 5. The molecule has 158 valence electrons. The molecule has 0 aliphatic carbocycles. The van der Waals surface area contributed by atoms with Crippen molar-refractivity contribution in [2.75, 3.05) is 18.4 Å². The van der Waals surface area contributed by atoms with Crippen LogP contribution < -0.4 is 10.2 Å². The number of anilines is 1. The number of aromatic nitrogens is 1. The van der Waals surface area contributed by atoms with Gasteiger partial charge >= 0.3 is 4.87 Å². The molecule has 0 unspecified atom stereocenters. The van der Waals surface area contributed by atoms with Gasteiger partial charge < -0.3 is 5.32 Å². The molecule has 4 rings (SSSR count). The van der Waals surface area contributed by atoms with Crippen LogP contribution in [0.4, 0.5) is 10.1 Å². The molecule has 1 aliphatic heterocycles. The zero-order chi connectivity index (χ0) is 21.3. The van der Waals surface area contributed by atoms with Crippen LogP contribution in [0.5, 0.6) is 0 Å². The van der Waals surface area contributed by atoms with E-state index in [-0.39, 0.29) is 28.6 Å². The molecule has 0 radical (unpaired) electrons. The lowest BCUT2D eigenvalue weighted by Gasteiger charge is -2.32. The van der Waals surface area contributed by atoms with E-state index >= 15 is 0 Å². The number of thiazole rings is 1. The highest BCUT2D eigenvalue weighted by atomic mass is 32.1. The van der Waals surface area contributed by atoms with Crippen molar-refractivity contribution in [3.8, 4) is 0 Å². The maximum Gasteiger partial charge on any atom is 0.308 e. The fourth-order valence-electron chi connectivity index (χ4n) is 4.11. The fraction of sp³-hybridized carbons (Fsp3) is 0.391. The Morgan fingerprint density at radius 1 is 1.23 bits per heavy atom. The van der Waals surface area contributed by atoms with Gasteiger partial charge in [0, 0.05) is 24.8 Å². The number of halogens is 1. The number of hydrogen-bond donors (Lipinski definition) is 1. The van der Waals surface area contributed by atoms with Crippen molar-refractivity contribution in [2.24, 2.45) is 5.92 Å². The van der Waals surface area contributed by atoms with Gasteiger partial charge in [-0.2, -0.15) is 0 Å². The molecule has 0 bridgehead atoms. The highest BCUT2D eigenvalue weighted by molar-refractivity contribution is 7.16. The van der Waals surface area contributed by atoms with Crippen molar-refractivity contribution in [3.63, 3.8) is 0 Å². The van der Waals surface area contributed by atoms with Crippen LogP contribution in [0.2, 0.25) is 0 Å². The molecule has 2 heterocycles. The average molecular weight is 428 g/mol. The quantitative estimate of drug-likeness (QED) is 0.646.